The first-order chi connectivity index (χ1) is 12.1. The molecule has 128 valence electrons. The van der Waals surface area contributed by atoms with Crippen LogP contribution in [0, 0.1) is 5.82 Å². The highest BCUT2D eigenvalue weighted by molar-refractivity contribution is 5.92. The van der Waals surface area contributed by atoms with E-state index in [1.165, 1.54) is 24.3 Å². The molecule has 1 N–H and O–H groups in total. The van der Waals surface area contributed by atoms with Gasteiger partial charge >= 0.3 is 0 Å². The fourth-order valence-corrected chi connectivity index (χ4v) is 2.54. The maximum atomic E-state index is 12.9. The van der Waals surface area contributed by atoms with Gasteiger partial charge in [-0.1, -0.05) is 6.07 Å². The van der Waals surface area contributed by atoms with Gasteiger partial charge in [0.15, 0.2) is 6.61 Å². The number of hydrogen-bond donors (Lipinski definition) is 1. The third-order valence-electron chi connectivity index (χ3n) is 3.81. The van der Waals surface area contributed by atoms with Crippen molar-refractivity contribution < 1.29 is 13.9 Å². The number of aromatic nitrogens is 1. The number of ether oxygens (including phenoxy) is 1. The van der Waals surface area contributed by atoms with E-state index in [1.807, 2.05) is 6.92 Å². The summed E-state index contributed by atoms with van der Waals surface area (Å²) in [6.45, 7) is 2.26. The van der Waals surface area contributed by atoms with Crippen molar-refractivity contribution in [2.75, 3.05) is 11.9 Å². The number of benzene rings is 2. The van der Waals surface area contributed by atoms with Gasteiger partial charge in [0.1, 0.15) is 11.6 Å². The summed E-state index contributed by atoms with van der Waals surface area (Å²) < 4.78 is 20.0. The number of halogens is 1. The van der Waals surface area contributed by atoms with Crippen molar-refractivity contribution in [2.45, 2.75) is 13.5 Å². The number of nitrogens with zero attached hydrogens (tertiary/aromatic N) is 1. The van der Waals surface area contributed by atoms with E-state index < -0.39 is 0 Å². The number of anilines is 1. The molecule has 6 heteroatoms. The molecule has 5 nitrogen and oxygen atoms in total. The lowest BCUT2D eigenvalue weighted by atomic mass is 10.1. The molecule has 0 saturated carbocycles. The smallest absolute Gasteiger partial charge is 0.262 e. The standard InChI is InChI=1S/C19H17FN2O3/c1-2-22-11-10-15-16(19(22)24)4-3-5-17(15)25-12-18(23)21-14-8-6-13(20)7-9-14/h3-11H,2,12H2,1H3,(H,21,23). The highest BCUT2D eigenvalue weighted by Crippen LogP contribution is 2.23. The Morgan fingerprint density at radius 1 is 1.12 bits per heavy atom. The summed E-state index contributed by atoms with van der Waals surface area (Å²) in [5.41, 5.74) is 0.389. The van der Waals surface area contributed by atoms with Crippen LogP contribution in [0.15, 0.2) is 59.5 Å². The molecule has 3 rings (SSSR count). The summed E-state index contributed by atoms with van der Waals surface area (Å²) in [6, 6.07) is 12.4. The van der Waals surface area contributed by atoms with Crippen molar-refractivity contribution in [1.82, 2.24) is 4.57 Å². The van der Waals surface area contributed by atoms with Gasteiger partial charge < -0.3 is 14.6 Å². The Kier molecular flexibility index (Phi) is 4.79. The van der Waals surface area contributed by atoms with Crippen LogP contribution in [-0.4, -0.2) is 17.1 Å². The first-order valence-corrected chi connectivity index (χ1v) is 7.89. The summed E-state index contributed by atoms with van der Waals surface area (Å²) in [5, 5.41) is 3.82. The van der Waals surface area contributed by atoms with Gasteiger partial charge in [0.05, 0.1) is 5.39 Å². The third kappa shape index (κ3) is 3.68. The second-order valence-corrected chi connectivity index (χ2v) is 5.47. The van der Waals surface area contributed by atoms with Gasteiger partial charge in [-0.2, -0.15) is 0 Å². The van der Waals surface area contributed by atoms with E-state index in [9.17, 15) is 14.0 Å². The molecule has 0 aliphatic rings. The molecule has 3 aromatic rings. The van der Waals surface area contributed by atoms with Crippen LogP contribution in [0.25, 0.3) is 10.8 Å². The molecule has 1 amide bonds. The number of nitrogens with one attached hydrogen (secondary N) is 1. The number of fused-ring (bicyclic) bond motifs is 1. The molecule has 0 saturated heterocycles. The average molecular weight is 340 g/mol. The fraction of sp³-hybridized carbons (Fsp3) is 0.158. The lowest BCUT2D eigenvalue weighted by Crippen LogP contribution is -2.21. The van der Waals surface area contributed by atoms with E-state index in [-0.39, 0.29) is 23.9 Å². The zero-order valence-corrected chi connectivity index (χ0v) is 13.7. The second kappa shape index (κ2) is 7.17. The van der Waals surface area contributed by atoms with Crippen molar-refractivity contribution in [3.8, 4) is 5.75 Å². The molecule has 0 bridgehead atoms. The lowest BCUT2D eigenvalue weighted by molar-refractivity contribution is -0.118. The van der Waals surface area contributed by atoms with Crippen LogP contribution in [0.2, 0.25) is 0 Å². The first-order valence-electron chi connectivity index (χ1n) is 7.89. The molecule has 0 radical (unpaired) electrons. The lowest BCUT2D eigenvalue weighted by Gasteiger charge is -2.11. The van der Waals surface area contributed by atoms with E-state index in [0.29, 0.717) is 28.8 Å². The molecular formula is C19H17FN2O3. The van der Waals surface area contributed by atoms with Crippen LogP contribution >= 0.6 is 0 Å². The number of amides is 1. The first kappa shape index (κ1) is 16.7. The summed E-state index contributed by atoms with van der Waals surface area (Å²) >= 11 is 0. The fourth-order valence-electron chi connectivity index (χ4n) is 2.54. The van der Waals surface area contributed by atoms with Crippen molar-refractivity contribution in [3.05, 3.63) is 70.9 Å². The van der Waals surface area contributed by atoms with Gasteiger partial charge in [0, 0.05) is 23.8 Å². The third-order valence-corrected chi connectivity index (χ3v) is 3.81. The number of rotatable bonds is 5. The molecule has 25 heavy (non-hydrogen) atoms. The minimum absolute atomic E-state index is 0.0961. The number of carbonyl (C=O) groups is 1. The molecule has 0 spiro atoms. The van der Waals surface area contributed by atoms with E-state index >= 15 is 0 Å². The molecule has 0 aliphatic heterocycles. The molecule has 0 aliphatic carbocycles. The Hall–Kier alpha value is -3.15. The van der Waals surface area contributed by atoms with Gasteiger partial charge in [0.25, 0.3) is 11.5 Å². The number of carbonyl (C=O) groups excluding carboxylic acids is 1. The van der Waals surface area contributed by atoms with E-state index in [1.54, 1.807) is 35.0 Å². The summed E-state index contributed by atoms with van der Waals surface area (Å²) in [5.74, 6) is -0.277. The number of aryl methyl sites for hydroxylation is 1. The maximum Gasteiger partial charge on any atom is 0.262 e. The predicted octanol–water partition coefficient (Wildman–Crippen LogP) is 3.18. The zero-order valence-electron chi connectivity index (χ0n) is 13.7. The van der Waals surface area contributed by atoms with Gasteiger partial charge in [-0.25, -0.2) is 4.39 Å². The largest absolute Gasteiger partial charge is 0.483 e. The Bertz CT molecular complexity index is 965. The quantitative estimate of drug-likeness (QED) is 0.776. The van der Waals surface area contributed by atoms with Gasteiger partial charge in [-0.05, 0) is 49.4 Å². The Labute approximate surface area is 143 Å². The van der Waals surface area contributed by atoms with Crippen molar-refractivity contribution >= 4 is 22.4 Å². The Balaban J connectivity index is 1.75. The average Bonchev–Trinajstić information content (AvgIpc) is 2.62. The number of pyridine rings is 1. The molecular weight excluding hydrogens is 323 g/mol. The highest BCUT2D eigenvalue weighted by atomic mass is 19.1. The topological polar surface area (TPSA) is 60.3 Å². The predicted molar refractivity (Wildman–Crippen MR) is 94.4 cm³/mol. The Morgan fingerprint density at radius 2 is 1.88 bits per heavy atom. The molecule has 0 atom stereocenters. The molecule has 2 aromatic carbocycles. The van der Waals surface area contributed by atoms with Gasteiger partial charge in [-0.3, -0.25) is 9.59 Å². The van der Waals surface area contributed by atoms with Gasteiger partial charge in [-0.15, -0.1) is 0 Å². The monoisotopic (exact) mass is 340 g/mol. The Morgan fingerprint density at radius 3 is 2.60 bits per heavy atom. The molecule has 0 fully saturated rings. The van der Waals surface area contributed by atoms with E-state index in [0.717, 1.165) is 0 Å². The minimum Gasteiger partial charge on any atom is -0.483 e. The van der Waals surface area contributed by atoms with Gasteiger partial charge in [0.2, 0.25) is 0 Å². The van der Waals surface area contributed by atoms with Crippen LogP contribution < -0.4 is 15.6 Å². The van der Waals surface area contributed by atoms with Crippen LogP contribution in [-0.2, 0) is 11.3 Å². The second-order valence-electron chi connectivity index (χ2n) is 5.47. The molecule has 0 unspecified atom stereocenters. The number of hydrogen-bond acceptors (Lipinski definition) is 3. The molecule has 1 heterocycles. The van der Waals surface area contributed by atoms with Crippen LogP contribution in [0.3, 0.4) is 0 Å². The van der Waals surface area contributed by atoms with Crippen LogP contribution in [0.5, 0.6) is 5.75 Å². The molecule has 1 aromatic heterocycles. The van der Waals surface area contributed by atoms with Crippen LogP contribution in [0.4, 0.5) is 10.1 Å². The summed E-state index contributed by atoms with van der Waals surface area (Å²) in [4.78, 5) is 24.3. The van der Waals surface area contributed by atoms with Crippen molar-refractivity contribution in [2.24, 2.45) is 0 Å². The van der Waals surface area contributed by atoms with Crippen LogP contribution in [0.1, 0.15) is 6.92 Å². The van der Waals surface area contributed by atoms with E-state index in [4.69, 9.17) is 4.74 Å². The zero-order chi connectivity index (χ0) is 17.8. The normalized spacial score (nSPS) is 10.6. The van der Waals surface area contributed by atoms with Crippen molar-refractivity contribution in [1.29, 1.82) is 0 Å². The SMILES string of the molecule is CCn1ccc2c(OCC(=O)Nc3ccc(F)cc3)cccc2c1=O. The minimum atomic E-state index is -0.372. The summed E-state index contributed by atoms with van der Waals surface area (Å²) in [7, 11) is 0. The maximum absolute atomic E-state index is 12.9. The van der Waals surface area contributed by atoms with Crippen molar-refractivity contribution in [3.63, 3.8) is 0 Å². The highest BCUT2D eigenvalue weighted by Gasteiger charge is 2.09. The summed E-state index contributed by atoms with van der Waals surface area (Å²) in [6.07, 6.45) is 1.70. The van der Waals surface area contributed by atoms with E-state index in [2.05, 4.69) is 5.32 Å².